The number of methoxy groups -OCH3 is 3. The highest BCUT2D eigenvalue weighted by molar-refractivity contribution is 7.22. The lowest BCUT2D eigenvalue weighted by molar-refractivity contribution is -0.384. The van der Waals surface area contributed by atoms with Crippen LogP contribution in [0.25, 0.3) is 10.2 Å². The molecule has 1 aliphatic rings. The molecule has 0 unspecified atom stereocenters. The van der Waals surface area contributed by atoms with Gasteiger partial charge in [0.1, 0.15) is 0 Å². The van der Waals surface area contributed by atoms with Gasteiger partial charge in [-0.3, -0.25) is 15.0 Å². The third-order valence-corrected chi connectivity index (χ3v) is 6.47. The van der Waals surface area contributed by atoms with Crippen molar-refractivity contribution in [2.45, 2.75) is 6.54 Å². The largest absolute Gasteiger partial charge is 0.493 e. The molecule has 0 bridgehead atoms. The number of thiazole rings is 1. The first-order chi connectivity index (χ1) is 15.0. The Morgan fingerprint density at radius 2 is 1.77 bits per heavy atom. The molecule has 3 aromatic rings. The van der Waals surface area contributed by atoms with Crippen LogP contribution in [0, 0.1) is 10.1 Å². The van der Waals surface area contributed by atoms with Crippen LogP contribution in [0.1, 0.15) is 5.56 Å². The molecular formula is C21H24N4O5S. The molecule has 1 aromatic heterocycles. The lowest BCUT2D eigenvalue weighted by Gasteiger charge is -2.34. The Balaban J connectivity index is 1.45. The fourth-order valence-corrected chi connectivity index (χ4v) is 4.83. The van der Waals surface area contributed by atoms with Gasteiger partial charge in [-0.05, 0) is 12.1 Å². The van der Waals surface area contributed by atoms with Crippen LogP contribution >= 0.6 is 11.3 Å². The maximum Gasteiger partial charge on any atom is 0.270 e. The number of piperazine rings is 1. The molecule has 1 saturated heterocycles. The van der Waals surface area contributed by atoms with Crippen molar-refractivity contribution in [2.24, 2.45) is 0 Å². The van der Waals surface area contributed by atoms with E-state index in [0.717, 1.165) is 53.6 Å². The molecule has 1 fully saturated rings. The first kappa shape index (κ1) is 21.1. The lowest BCUT2D eigenvalue weighted by Crippen LogP contribution is -2.46. The van der Waals surface area contributed by atoms with Gasteiger partial charge in [0.2, 0.25) is 5.75 Å². The van der Waals surface area contributed by atoms with Crippen LogP contribution in [0.2, 0.25) is 0 Å². The Bertz CT molecular complexity index is 1090. The number of anilines is 1. The zero-order valence-electron chi connectivity index (χ0n) is 17.7. The van der Waals surface area contributed by atoms with Crippen molar-refractivity contribution in [1.82, 2.24) is 9.88 Å². The predicted octanol–water partition coefficient (Wildman–Crippen LogP) is 3.55. The summed E-state index contributed by atoms with van der Waals surface area (Å²) in [7, 11) is 4.85. The van der Waals surface area contributed by atoms with E-state index in [9.17, 15) is 10.1 Å². The fraction of sp³-hybridized carbons (Fsp3) is 0.381. The number of rotatable bonds is 7. The quantitative estimate of drug-likeness (QED) is 0.404. The van der Waals surface area contributed by atoms with Gasteiger partial charge >= 0.3 is 0 Å². The molecule has 0 N–H and O–H groups in total. The summed E-state index contributed by atoms with van der Waals surface area (Å²) in [5.41, 5.74) is 1.93. The van der Waals surface area contributed by atoms with Gasteiger partial charge < -0.3 is 19.1 Å². The van der Waals surface area contributed by atoms with Crippen molar-refractivity contribution < 1.29 is 19.1 Å². The Hall–Kier alpha value is -3.11. The van der Waals surface area contributed by atoms with Crippen LogP contribution in [0.4, 0.5) is 10.8 Å². The number of hydrogen-bond donors (Lipinski definition) is 0. The molecule has 4 rings (SSSR count). The van der Waals surface area contributed by atoms with E-state index in [4.69, 9.17) is 14.2 Å². The summed E-state index contributed by atoms with van der Waals surface area (Å²) in [5, 5.41) is 11.9. The number of hydrogen-bond acceptors (Lipinski definition) is 9. The molecule has 0 atom stereocenters. The molecule has 9 nitrogen and oxygen atoms in total. The van der Waals surface area contributed by atoms with Crippen molar-refractivity contribution in [3.8, 4) is 17.2 Å². The molecule has 0 radical (unpaired) electrons. The number of nitro benzene ring substituents is 1. The molecule has 0 spiro atoms. The summed E-state index contributed by atoms with van der Waals surface area (Å²) in [4.78, 5) is 19.9. The first-order valence-corrected chi connectivity index (χ1v) is 10.7. The topological polar surface area (TPSA) is 90.2 Å². The predicted molar refractivity (Wildman–Crippen MR) is 120 cm³/mol. The van der Waals surface area contributed by atoms with Crippen molar-refractivity contribution in [1.29, 1.82) is 0 Å². The van der Waals surface area contributed by atoms with Crippen LogP contribution in [0.3, 0.4) is 0 Å². The summed E-state index contributed by atoms with van der Waals surface area (Å²) in [6.45, 7) is 4.14. The number of fused-ring (bicyclic) bond motifs is 1. The third kappa shape index (κ3) is 4.21. The molecule has 31 heavy (non-hydrogen) atoms. The minimum absolute atomic E-state index is 0.0939. The average molecular weight is 445 g/mol. The molecule has 10 heteroatoms. The minimum Gasteiger partial charge on any atom is -0.493 e. The Morgan fingerprint density at radius 3 is 2.42 bits per heavy atom. The monoisotopic (exact) mass is 444 g/mol. The highest BCUT2D eigenvalue weighted by atomic mass is 32.1. The summed E-state index contributed by atoms with van der Waals surface area (Å²) in [5.74, 6) is 1.94. The minimum atomic E-state index is -0.375. The Labute approximate surface area is 183 Å². The second kappa shape index (κ2) is 8.94. The Morgan fingerprint density at radius 1 is 1.03 bits per heavy atom. The van der Waals surface area contributed by atoms with E-state index in [-0.39, 0.29) is 10.6 Å². The van der Waals surface area contributed by atoms with Gasteiger partial charge in [-0.2, -0.15) is 0 Å². The molecule has 2 heterocycles. The standard InChI is InChI=1S/C21H24N4O5S/c1-28-17-7-4-14(19(29-2)20(17)30-3)13-23-8-10-24(11-9-23)21-22-16-6-5-15(25(26)27)12-18(16)31-21/h4-7,12H,8-11,13H2,1-3H3. The van der Waals surface area contributed by atoms with E-state index in [2.05, 4.69) is 14.8 Å². The summed E-state index contributed by atoms with van der Waals surface area (Å²) >= 11 is 1.50. The van der Waals surface area contributed by atoms with Gasteiger partial charge in [0.05, 0.1) is 36.5 Å². The highest BCUT2D eigenvalue weighted by Gasteiger charge is 2.23. The highest BCUT2D eigenvalue weighted by Crippen LogP contribution is 2.40. The van der Waals surface area contributed by atoms with E-state index in [0.29, 0.717) is 17.2 Å². The number of nitrogens with zero attached hydrogens (tertiary/aromatic N) is 4. The summed E-state index contributed by atoms with van der Waals surface area (Å²) in [6.07, 6.45) is 0. The lowest BCUT2D eigenvalue weighted by atomic mass is 10.1. The zero-order valence-corrected chi connectivity index (χ0v) is 18.5. The van der Waals surface area contributed by atoms with E-state index in [1.165, 1.54) is 17.4 Å². The number of ether oxygens (including phenoxy) is 3. The number of non-ortho nitro benzene ring substituents is 1. The third-order valence-electron chi connectivity index (χ3n) is 5.39. The van der Waals surface area contributed by atoms with Crippen LogP contribution in [-0.4, -0.2) is 62.3 Å². The summed E-state index contributed by atoms with van der Waals surface area (Å²) < 4.78 is 17.3. The smallest absolute Gasteiger partial charge is 0.270 e. The van der Waals surface area contributed by atoms with Crippen LogP contribution in [0.15, 0.2) is 30.3 Å². The number of aromatic nitrogens is 1. The molecule has 1 aliphatic heterocycles. The van der Waals surface area contributed by atoms with Gasteiger partial charge in [-0.15, -0.1) is 0 Å². The molecule has 0 amide bonds. The molecule has 2 aromatic carbocycles. The second-order valence-electron chi connectivity index (χ2n) is 7.16. The molecular weight excluding hydrogens is 420 g/mol. The Kier molecular flexibility index (Phi) is 6.10. The van der Waals surface area contributed by atoms with E-state index < -0.39 is 0 Å². The van der Waals surface area contributed by atoms with Crippen LogP contribution < -0.4 is 19.1 Å². The van der Waals surface area contributed by atoms with Crippen molar-refractivity contribution in [3.63, 3.8) is 0 Å². The van der Waals surface area contributed by atoms with Gasteiger partial charge in [0, 0.05) is 50.4 Å². The van der Waals surface area contributed by atoms with Gasteiger partial charge in [-0.25, -0.2) is 4.98 Å². The van der Waals surface area contributed by atoms with Crippen LogP contribution in [0.5, 0.6) is 17.2 Å². The maximum atomic E-state index is 11.0. The number of benzene rings is 2. The van der Waals surface area contributed by atoms with Crippen molar-refractivity contribution in [3.05, 3.63) is 46.0 Å². The van der Waals surface area contributed by atoms with E-state index in [1.54, 1.807) is 33.5 Å². The molecule has 164 valence electrons. The van der Waals surface area contributed by atoms with E-state index in [1.807, 2.05) is 12.1 Å². The van der Waals surface area contributed by atoms with E-state index >= 15 is 0 Å². The average Bonchev–Trinajstić information content (AvgIpc) is 3.22. The van der Waals surface area contributed by atoms with Crippen molar-refractivity contribution in [2.75, 3.05) is 52.4 Å². The first-order valence-electron chi connectivity index (χ1n) is 9.84. The SMILES string of the molecule is COc1ccc(CN2CCN(c3nc4ccc([N+](=O)[O-])cc4s3)CC2)c(OC)c1OC. The zero-order chi connectivity index (χ0) is 22.0. The fourth-order valence-electron chi connectivity index (χ4n) is 3.78. The normalized spacial score (nSPS) is 14.6. The van der Waals surface area contributed by atoms with Crippen LogP contribution in [-0.2, 0) is 6.54 Å². The number of nitro groups is 1. The molecule has 0 aliphatic carbocycles. The van der Waals surface area contributed by atoms with Crippen molar-refractivity contribution >= 4 is 32.4 Å². The van der Waals surface area contributed by atoms with Gasteiger partial charge in [0.15, 0.2) is 16.6 Å². The van der Waals surface area contributed by atoms with Gasteiger partial charge in [-0.1, -0.05) is 17.4 Å². The maximum absolute atomic E-state index is 11.0. The second-order valence-corrected chi connectivity index (χ2v) is 8.17. The molecule has 0 saturated carbocycles. The van der Waals surface area contributed by atoms with Gasteiger partial charge in [0.25, 0.3) is 5.69 Å². The summed E-state index contributed by atoms with van der Waals surface area (Å²) in [6, 6.07) is 8.71.